The molecule has 1 aliphatic rings. The molecule has 1 fully saturated rings. The van der Waals surface area contributed by atoms with E-state index < -0.39 is 0 Å². The molecule has 0 radical (unpaired) electrons. The van der Waals surface area contributed by atoms with Crippen LogP contribution in [0.25, 0.3) is 11.1 Å². The Balaban J connectivity index is 1.74. The van der Waals surface area contributed by atoms with E-state index in [0.717, 1.165) is 16.1 Å². The highest BCUT2D eigenvalue weighted by Gasteiger charge is 2.24. The van der Waals surface area contributed by atoms with Crippen LogP contribution in [-0.4, -0.2) is 36.7 Å². The zero-order valence-corrected chi connectivity index (χ0v) is 16.4. The molecule has 2 aromatic heterocycles. The Labute approximate surface area is 167 Å². The van der Waals surface area contributed by atoms with E-state index >= 15 is 0 Å². The molecule has 0 saturated carbocycles. The van der Waals surface area contributed by atoms with Crippen LogP contribution in [-0.2, 0) is 4.79 Å². The van der Waals surface area contributed by atoms with E-state index in [1.54, 1.807) is 31.6 Å². The predicted molar refractivity (Wildman–Crippen MR) is 110 cm³/mol. The number of carbonyl (C=O) groups excluding carboxylic acids is 2. The van der Waals surface area contributed by atoms with Gasteiger partial charge in [-0.2, -0.15) is 0 Å². The number of pyridine rings is 1. The van der Waals surface area contributed by atoms with Crippen molar-refractivity contribution in [3.8, 4) is 16.9 Å². The first-order valence-electron chi connectivity index (χ1n) is 9.15. The van der Waals surface area contributed by atoms with Gasteiger partial charge in [0.25, 0.3) is 0 Å². The molecule has 0 amide bonds. The number of hydrogen-bond donors (Lipinski definition) is 0. The monoisotopic (exact) mass is 392 g/mol. The van der Waals surface area contributed by atoms with Crippen LogP contribution in [0, 0.1) is 0 Å². The number of nitrogens with zero attached hydrogens (tertiary/aromatic N) is 2. The summed E-state index contributed by atoms with van der Waals surface area (Å²) >= 11 is 1.48. The van der Waals surface area contributed by atoms with Crippen molar-refractivity contribution in [1.82, 2.24) is 4.98 Å². The molecule has 4 rings (SSSR count). The van der Waals surface area contributed by atoms with Crippen LogP contribution in [0.4, 0.5) is 5.00 Å². The molecule has 3 aromatic rings. The van der Waals surface area contributed by atoms with Gasteiger partial charge in [0.05, 0.1) is 17.0 Å². The minimum Gasteiger partial charge on any atom is -0.497 e. The van der Waals surface area contributed by atoms with Gasteiger partial charge in [0.1, 0.15) is 11.5 Å². The summed E-state index contributed by atoms with van der Waals surface area (Å²) < 4.78 is 5.25. The molecular weight excluding hydrogens is 372 g/mol. The van der Waals surface area contributed by atoms with E-state index in [-0.39, 0.29) is 5.78 Å². The zero-order valence-electron chi connectivity index (χ0n) is 15.6. The van der Waals surface area contributed by atoms with Crippen LogP contribution < -0.4 is 9.64 Å². The molecule has 1 aromatic carbocycles. The van der Waals surface area contributed by atoms with Crippen molar-refractivity contribution in [2.24, 2.45) is 0 Å². The quantitative estimate of drug-likeness (QED) is 0.609. The lowest BCUT2D eigenvalue weighted by molar-refractivity contribution is -0.119. The summed E-state index contributed by atoms with van der Waals surface area (Å²) in [5, 5.41) is 1.03. The third-order valence-corrected chi connectivity index (χ3v) is 6.06. The van der Waals surface area contributed by atoms with Crippen LogP contribution in [0.3, 0.4) is 0 Å². The van der Waals surface area contributed by atoms with Gasteiger partial charge in [-0.3, -0.25) is 14.6 Å². The van der Waals surface area contributed by atoms with E-state index in [2.05, 4.69) is 9.88 Å². The standard InChI is InChI=1S/C22H20N2O3S/c1-27-18-4-2-3-16(13-18)21(26)20-14-19(15-5-9-23-10-6-15)22(28-20)24-11-7-17(25)8-12-24/h2-6,9-10,13-14H,7-8,11-12H2,1H3. The molecule has 5 nitrogen and oxygen atoms in total. The van der Waals surface area contributed by atoms with Crippen molar-refractivity contribution in [3.63, 3.8) is 0 Å². The topological polar surface area (TPSA) is 59.5 Å². The van der Waals surface area contributed by atoms with Gasteiger partial charge in [-0.25, -0.2) is 0 Å². The fraction of sp³-hybridized carbons (Fsp3) is 0.227. The van der Waals surface area contributed by atoms with Gasteiger partial charge in [0.2, 0.25) is 5.78 Å². The Bertz CT molecular complexity index is 1000. The molecule has 142 valence electrons. The normalized spacial score (nSPS) is 14.2. The van der Waals surface area contributed by atoms with Gasteiger partial charge < -0.3 is 9.64 Å². The first-order chi connectivity index (χ1) is 13.7. The highest BCUT2D eigenvalue weighted by molar-refractivity contribution is 7.18. The van der Waals surface area contributed by atoms with Crippen LogP contribution in [0.1, 0.15) is 28.1 Å². The van der Waals surface area contributed by atoms with E-state index in [9.17, 15) is 9.59 Å². The largest absolute Gasteiger partial charge is 0.497 e. The SMILES string of the molecule is COc1cccc(C(=O)c2cc(-c3ccncc3)c(N3CCC(=O)CC3)s2)c1. The van der Waals surface area contributed by atoms with Crippen LogP contribution in [0.5, 0.6) is 5.75 Å². The van der Waals surface area contributed by atoms with Crippen molar-refractivity contribution in [2.75, 3.05) is 25.1 Å². The Hall–Kier alpha value is -2.99. The second kappa shape index (κ2) is 7.94. The molecule has 0 spiro atoms. The third-order valence-electron chi connectivity index (χ3n) is 4.87. The number of piperidine rings is 1. The fourth-order valence-electron chi connectivity index (χ4n) is 3.33. The second-order valence-electron chi connectivity index (χ2n) is 6.65. The number of aromatic nitrogens is 1. The lowest BCUT2D eigenvalue weighted by Gasteiger charge is -2.27. The Morgan fingerprint density at radius 3 is 2.57 bits per heavy atom. The lowest BCUT2D eigenvalue weighted by atomic mass is 10.0. The number of ketones is 2. The number of thiophene rings is 1. The van der Waals surface area contributed by atoms with Crippen LogP contribution in [0.15, 0.2) is 54.9 Å². The van der Waals surface area contributed by atoms with Gasteiger partial charge in [-0.15, -0.1) is 11.3 Å². The van der Waals surface area contributed by atoms with Gasteiger partial charge in [-0.05, 0) is 35.9 Å². The number of methoxy groups -OCH3 is 1. The Morgan fingerprint density at radius 2 is 1.86 bits per heavy atom. The van der Waals surface area contributed by atoms with Crippen molar-refractivity contribution < 1.29 is 14.3 Å². The minimum absolute atomic E-state index is 0.0291. The highest BCUT2D eigenvalue weighted by atomic mass is 32.1. The van der Waals surface area contributed by atoms with E-state index in [1.807, 2.05) is 30.3 Å². The number of ether oxygens (including phenoxy) is 1. The number of anilines is 1. The maximum atomic E-state index is 13.1. The van der Waals surface area contributed by atoms with Gasteiger partial charge in [-0.1, -0.05) is 12.1 Å². The van der Waals surface area contributed by atoms with Crippen molar-refractivity contribution in [3.05, 3.63) is 65.3 Å². The van der Waals surface area contributed by atoms with E-state index in [4.69, 9.17) is 4.74 Å². The molecule has 0 N–H and O–H groups in total. The van der Waals surface area contributed by atoms with E-state index in [0.29, 0.717) is 47.9 Å². The van der Waals surface area contributed by atoms with Crippen molar-refractivity contribution >= 4 is 27.9 Å². The van der Waals surface area contributed by atoms with Gasteiger partial charge in [0, 0.05) is 49.5 Å². The first kappa shape index (κ1) is 18.4. The van der Waals surface area contributed by atoms with Gasteiger partial charge in [0.15, 0.2) is 0 Å². The summed E-state index contributed by atoms with van der Waals surface area (Å²) in [4.78, 5) is 31.8. The molecule has 3 heterocycles. The number of carbonyl (C=O) groups is 2. The summed E-state index contributed by atoms with van der Waals surface area (Å²) in [7, 11) is 1.59. The molecule has 28 heavy (non-hydrogen) atoms. The second-order valence-corrected chi connectivity index (χ2v) is 7.68. The van der Waals surface area contributed by atoms with Crippen LogP contribution in [0.2, 0.25) is 0 Å². The fourth-order valence-corrected chi connectivity index (χ4v) is 4.53. The molecule has 0 atom stereocenters. The van der Waals surface area contributed by atoms with Crippen LogP contribution >= 0.6 is 11.3 Å². The molecule has 0 unspecified atom stereocenters. The molecular formula is C22H20N2O3S. The highest BCUT2D eigenvalue weighted by Crippen LogP contribution is 2.40. The van der Waals surface area contributed by atoms with Gasteiger partial charge >= 0.3 is 0 Å². The molecule has 1 saturated heterocycles. The third kappa shape index (κ3) is 3.68. The Kier molecular flexibility index (Phi) is 5.21. The summed E-state index contributed by atoms with van der Waals surface area (Å²) in [6.07, 6.45) is 4.60. The number of Topliss-reactive ketones (excluding diaryl/α,β-unsaturated/α-hetero) is 1. The minimum atomic E-state index is -0.0291. The molecule has 1 aliphatic heterocycles. The van der Waals surface area contributed by atoms with E-state index in [1.165, 1.54) is 11.3 Å². The average Bonchev–Trinajstić information content (AvgIpc) is 3.20. The summed E-state index contributed by atoms with van der Waals surface area (Å²) in [6.45, 7) is 1.37. The number of benzene rings is 1. The average molecular weight is 392 g/mol. The summed E-state index contributed by atoms with van der Waals surface area (Å²) in [5.41, 5.74) is 2.62. The summed E-state index contributed by atoms with van der Waals surface area (Å²) in [5.74, 6) is 0.927. The zero-order chi connectivity index (χ0) is 19.5. The molecule has 0 bridgehead atoms. The molecule has 6 heteroatoms. The maximum absolute atomic E-state index is 13.1. The number of hydrogen-bond acceptors (Lipinski definition) is 6. The lowest BCUT2D eigenvalue weighted by Crippen LogP contribution is -2.33. The van der Waals surface area contributed by atoms with Crippen molar-refractivity contribution in [2.45, 2.75) is 12.8 Å². The predicted octanol–water partition coefficient (Wildman–Crippen LogP) is 4.22. The van der Waals surface area contributed by atoms with Crippen molar-refractivity contribution in [1.29, 1.82) is 0 Å². The smallest absolute Gasteiger partial charge is 0.203 e. The summed E-state index contributed by atoms with van der Waals surface area (Å²) in [6, 6.07) is 13.0. The Morgan fingerprint density at radius 1 is 1.11 bits per heavy atom. The first-order valence-corrected chi connectivity index (χ1v) is 9.97. The maximum Gasteiger partial charge on any atom is 0.203 e. The number of rotatable bonds is 5. The molecule has 0 aliphatic carbocycles.